The van der Waals surface area contributed by atoms with Crippen LogP contribution >= 0.6 is 11.3 Å². The van der Waals surface area contributed by atoms with Crippen LogP contribution in [-0.2, 0) is 0 Å². The Labute approximate surface area is 186 Å². The van der Waals surface area contributed by atoms with Gasteiger partial charge in [0.2, 0.25) is 0 Å². The van der Waals surface area contributed by atoms with E-state index in [1.54, 1.807) is 43.8 Å². The predicted molar refractivity (Wildman–Crippen MR) is 125 cm³/mol. The van der Waals surface area contributed by atoms with Crippen molar-refractivity contribution in [2.45, 2.75) is 6.92 Å². The number of piperazine rings is 1. The number of ether oxygens (including phenoxy) is 2. The number of benzene rings is 2. The van der Waals surface area contributed by atoms with Crippen LogP contribution in [0.5, 0.6) is 11.5 Å². The van der Waals surface area contributed by atoms with Crippen LogP contribution in [-0.4, -0.2) is 69.3 Å². The molecule has 1 N–H and O–H groups in total. The molecule has 0 unspecified atom stereocenters. The van der Waals surface area contributed by atoms with Gasteiger partial charge in [-0.15, -0.1) is 0 Å². The zero-order chi connectivity index (χ0) is 21.8. The van der Waals surface area contributed by atoms with E-state index >= 15 is 0 Å². The van der Waals surface area contributed by atoms with Gasteiger partial charge < -0.3 is 19.7 Å². The molecule has 0 aliphatic carbocycles. The van der Waals surface area contributed by atoms with Gasteiger partial charge in [0.15, 0.2) is 16.6 Å². The smallest absolute Gasteiger partial charge is 0.251 e. The average Bonchev–Trinajstić information content (AvgIpc) is 3.22. The number of fused-ring (bicyclic) bond motifs is 1. The second-order valence-corrected chi connectivity index (χ2v) is 8.63. The van der Waals surface area contributed by atoms with E-state index < -0.39 is 0 Å². The van der Waals surface area contributed by atoms with Crippen molar-refractivity contribution in [1.82, 2.24) is 15.2 Å². The molecule has 1 aliphatic rings. The molecule has 7 nitrogen and oxygen atoms in total. The molecule has 0 radical (unpaired) electrons. The summed E-state index contributed by atoms with van der Waals surface area (Å²) in [7, 11) is 3.14. The van der Waals surface area contributed by atoms with Crippen LogP contribution in [0.2, 0.25) is 0 Å². The van der Waals surface area contributed by atoms with Crippen LogP contribution in [0.15, 0.2) is 36.4 Å². The van der Waals surface area contributed by atoms with Crippen LogP contribution in [0.4, 0.5) is 5.13 Å². The highest BCUT2D eigenvalue weighted by atomic mass is 32.1. The maximum absolute atomic E-state index is 12.5. The Bertz CT molecular complexity index is 1060. The molecule has 31 heavy (non-hydrogen) atoms. The summed E-state index contributed by atoms with van der Waals surface area (Å²) in [6, 6.07) is 11.6. The van der Waals surface area contributed by atoms with Gasteiger partial charge in [-0.1, -0.05) is 17.4 Å². The minimum Gasteiger partial charge on any atom is -0.493 e. The lowest BCUT2D eigenvalue weighted by atomic mass is 10.2. The number of anilines is 1. The summed E-state index contributed by atoms with van der Waals surface area (Å²) in [6.45, 7) is 7.36. The Hall–Kier alpha value is -2.84. The summed E-state index contributed by atoms with van der Waals surface area (Å²) in [4.78, 5) is 22.0. The van der Waals surface area contributed by atoms with Crippen molar-refractivity contribution in [3.05, 3.63) is 47.5 Å². The Morgan fingerprint density at radius 3 is 2.58 bits per heavy atom. The number of nitrogens with one attached hydrogen (secondary N) is 1. The maximum Gasteiger partial charge on any atom is 0.251 e. The predicted octanol–water partition coefficient (Wildman–Crippen LogP) is 3.17. The van der Waals surface area contributed by atoms with Gasteiger partial charge in [0, 0.05) is 44.8 Å². The van der Waals surface area contributed by atoms with Gasteiger partial charge in [-0.2, -0.15) is 0 Å². The molecule has 1 aliphatic heterocycles. The van der Waals surface area contributed by atoms with Gasteiger partial charge in [-0.25, -0.2) is 4.98 Å². The van der Waals surface area contributed by atoms with Crippen molar-refractivity contribution in [3.8, 4) is 11.5 Å². The zero-order valence-electron chi connectivity index (χ0n) is 18.2. The van der Waals surface area contributed by atoms with Gasteiger partial charge in [0.05, 0.1) is 24.4 Å². The summed E-state index contributed by atoms with van der Waals surface area (Å²) in [5, 5.41) is 4.10. The molecule has 8 heteroatoms. The number of thiazole rings is 1. The summed E-state index contributed by atoms with van der Waals surface area (Å²) >= 11 is 1.76. The highest BCUT2D eigenvalue weighted by Gasteiger charge is 2.20. The average molecular weight is 441 g/mol. The highest BCUT2D eigenvalue weighted by molar-refractivity contribution is 7.22. The molecule has 1 amide bonds. The zero-order valence-corrected chi connectivity index (χ0v) is 19.0. The van der Waals surface area contributed by atoms with Crippen molar-refractivity contribution >= 4 is 32.6 Å². The summed E-state index contributed by atoms with van der Waals surface area (Å²) in [5.74, 6) is 1.06. The van der Waals surface area contributed by atoms with Gasteiger partial charge in [-0.3, -0.25) is 9.69 Å². The fourth-order valence-electron chi connectivity index (χ4n) is 3.72. The Balaban J connectivity index is 1.25. The molecule has 1 fully saturated rings. The quantitative estimate of drug-likeness (QED) is 0.609. The van der Waals surface area contributed by atoms with E-state index in [9.17, 15) is 4.79 Å². The molecule has 1 saturated heterocycles. The molecule has 0 saturated carbocycles. The van der Waals surface area contributed by atoms with E-state index in [1.165, 1.54) is 10.3 Å². The molecule has 2 aromatic carbocycles. The lowest BCUT2D eigenvalue weighted by Crippen LogP contribution is -2.48. The number of carbonyl (C=O) groups is 1. The van der Waals surface area contributed by atoms with Crippen LogP contribution in [0.25, 0.3) is 10.2 Å². The van der Waals surface area contributed by atoms with Crippen molar-refractivity contribution < 1.29 is 14.3 Å². The third kappa shape index (κ3) is 4.91. The largest absolute Gasteiger partial charge is 0.493 e. The number of aryl methyl sites for hydroxylation is 1. The summed E-state index contributed by atoms with van der Waals surface area (Å²) in [6.07, 6.45) is 0. The molecule has 2 heterocycles. The number of aromatic nitrogens is 1. The normalized spacial score (nSPS) is 14.6. The molecule has 0 atom stereocenters. The van der Waals surface area contributed by atoms with E-state index in [0.717, 1.165) is 43.4 Å². The van der Waals surface area contributed by atoms with E-state index in [4.69, 9.17) is 14.5 Å². The number of methoxy groups -OCH3 is 2. The fraction of sp³-hybridized carbons (Fsp3) is 0.391. The number of hydrogen-bond acceptors (Lipinski definition) is 7. The van der Waals surface area contributed by atoms with Gasteiger partial charge in [0.1, 0.15) is 0 Å². The topological polar surface area (TPSA) is 66.9 Å². The minimum absolute atomic E-state index is 0.107. The molecule has 0 bridgehead atoms. The maximum atomic E-state index is 12.5. The number of rotatable bonds is 7. The van der Waals surface area contributed by atoms with E-state index in [1.807, 2.05) is 0 Å². The Kier molecular flexibility index (Phi) is 6.58. The lowest BCUT2D eigenvalue weighted by Gasteiger charge is -2.34. The van der Waals surface area contributed by atoms with E-state index in [2.05, 4.69) is 40.2 Å². The van der Waals surface area contributed by atoms with Gasteiger partial charge in [-0.05, 0) is 42.8 Å². The number of amides is 1. The first kappa shape index (κ1) is 21.4. The monoisotopic (exact) mass is 440 g/mol. The van der Waals surface area contributed by atoms with Crippen molar-refractivity contribution in [2.24, 2.45) is 0 Å². The summed E-state index contributed by atoms with van der Waals surface area (Å²) in [5.41, 5.74) is 2.90. The second-order valence-electron chi connectivity index (χ2n) is 7.62. The highest BCUT2D eigenvalue weighted by Crippen LogP contribution is 2.30. The molecule has 164 valence electrons. The second kappa shape index (κ2) is 9.53. The van der Waals surface area contributed by atoms with E-state index in [0.29, 0.717) is 23.6 Å². The third-order valence-corrected chi connectivity index (χ3v) is 6.61. The Morgan fingerprint density at radius 2 is 1.84 bits per heavy atom. The molecule has 0 spiro atoms. The van der Waals surface area contributed by atoms with Crippen LogP contribution in [0.3, 0.4) is 0 Å². The van der Waals surface area contributed by atoms with Gasteiger partial charge in [0.25, 0.3) is 5.91 Å². The number of carbonyl (C=O) groups excluding carboxylic acids is 1. The molecular formula is C23H28N4O3S. The molecule has 1 aromatic heterocycles. The number of nitrogens with zero attached hydrogens (tertiary/aromatic N) is 3. The lowest BCUT2D eigenvalue weighted by molar-refractivity contribution is 0.0947. The standard InChI is InChI=1S/C23H28N4O3S/c1-16-4-6-18-21(14-16)31-23(25-18)27-12-10-26(11-13-27)9-8-24-22(28)17-5-7-19(29-2)20(15-17)30-3/h4-7,14-15H,8-13H2,1-3H3,(H,24,28). The third-order valence-electron chi connectivity index (χ3n) is 5.53. The first-order valence-electron chi connectivity index (χ1n) is 10.4. The Morgan fingerprint density at radius 1 is 1.06 bits per heavy atom. The minimum atomic E-state index is -0.107. The molecular weight excluding hydrogens is 412 g/mol. The number of hydrogen-bond donors (Lipinski definition) is 1. The SMILES string of the molecule is COc1ccc(C(=O)NCCN2CCN(c3nc4ccc(C)cc4s3)CC2)cc1OC. The summed E-state index contributed by atoms with van der Waals surface area (Å²) < 4.78 is 11.7. The van der Waals surface area contributed by atoms with Crippen molar-refractivity contribution in [1.29, 1.82) is 0 Å². The van der Waals surface area contributed by atoms with E-state index in [-0.39, 0.29) is 5.91 Å². The molecule has 3 aromatic rings. The van der Waals surface area contributed by atoms with Crippen molar-refractivity contribution in [2.75, 3.05) is 58.4 Å². The first-order chi connectivity index (χ1) is 15.1. The van der Waals surface area contributed by atoms with Crippen LogP contribution < -0.4 is 19.7 Å². The van der Waals surface area contributed by atoms with Crippen molar-refractivity contribution in [3.63, 3.8) is 0 Å². The first-order valence-corrected chi connectivity index (χ1v) is 11.2. The van der Waals surface area contributed by atoms with Crippen LogP contribution in [0.1, 0.15) is 15.9 Å². The van der Waals surface area contributed by atoms with Crippen LogP contribution in [0, 0.1) is 6.92 Å². The van der Waals surface area contributed by atoms with Gasteiger partial charge >= 0.3 is 0 Å². The fourth-order valence-corrected chi connectivity index (χ4v) is 4.84. The molecule has 4 rings (SSSR count).